The molecule has 290 valence electrons. The predicted octanol–water partition coefficient (Wildman–Crippen LogP) is 10.3. The molecule has 1 unspecified atom stereocenters. The molecule has 3 N–H and O–H groups in total. The number of aliphatic hydroxyl groups is 1. The van der Waals surface area contributed by atoms with Gasteiger partial charge in [-0.1, -0.05) is 137 Å². The monoisotopic (exact) mass is 734 g/mol. The van der Waals surface area contributed by atoms with Crippen molar-refractivity contribution in [2.75, 3.05) is 13.2 Å². The lowest BCUT2D eigenvalue weighted by molar-refractivity contribution is -0.161. The molecule has 0 saturated carbocycles. The molecule has 2 atom stereocenters. The normalized spacial score (nSPS) is 14.1. The lowest BCUT2D eigenvalue weighted by Gasteiger charge is -2.18. The molecule has 0 rings (SSSR count). The van der Waals surface area contributed by atoms with Crippen LogP contribution >= 0.6 is 7.82 Å². The van der Waals surface area contributed by atoms with Gasteiger partial charge in [0.05, 0.1) is 12.7 Å². The van der Waals surface area contributed by atoms with Crippen LogP contribution in [0.3, 0.4) is 0 Å². The highest BCUT2D eigenvalue weighted by atomic mass is 31.2. The summed E-state index contributed by atoms with van der Waals surface area (Å²) in [6, 6.07) is 0. The van der Waals surface area contributed by atoms with Crippen molar-refractivity contribution in [1.29, 1.82) is 0 Å². The van der Waals surface area contributed by atoms with Gasteiger partial charge in [-0.15, -0.1) is 0 Å². The fraction of sp³-hybridized carbons (Fsp3) is 0.610. The van der Waals surface area contributed by atoms with Gasteiger partial charge in [0.1, 0.15) is 6.61 Å². The summed E-state index contributed by atoms with van der Waals surface area (Å²) in [4.78, 5) is 42.7. The third-order valence-electron chi connectivity index (χ3n) is 7.53. The first-order chi connectivity index (χ1) is 24.7. The third-order valence-corrected chi connectivity index (χ3v) is 8.02. The van der Waals surface area contributed by atoms with Gasteiger partial charge in [0.15, 0.2) is 6.10 Å². The first kappa shape index (κ1) is 48.2. The molecule has 51 heavy (non-hydrogen) atoms. The number of carbonyl (C=O) groups is 2. The van der Waals surface area contributed by atoms with Crippen LogP contribution in [-0.4, -0.2) is 52.3 Å². The standard InChI is InChI=1S/C41H67O9P/c1-3-5-7-9-11-13-15-17-18-20-22-24-26-28-30-34-41(44)50-39(37-49-51(45,46)47)36-48-40(43)35-31-33-38(42)32-29-27-25-23-21-19-16-14-12-10-8-6-4-2/h6,8,12-15,17-19,21,25,27,29,32,38-39,42H,3-5,7,9-11,16,20,22-24,26,28,30-31,33-37H2,1-2H3,(H2,45,46,47)/b8-6-,14-12-,15-13-,18-17-,21-19-,27-25-,32-29+/t38?,39-/m1/s1. The van der Waals surface area contributed by atoms with Crippen LogP contribution in [0, 0.1) is 0 Å². The summed E-state index contributed by atoms with van der Waals surface area (Å²) >= 11 is 0. The molecule has 0 heterocycles. The second-order valence-electron chi connectivity index (χ2n) is 12.4. The van der Waals surface area contributed by atoms with Gasteiger partial charge >= 0.3 is 19.8 Å². The van der Waals surface area contributed by atoms with Gasteiger partial charge in [0, 0.05) is 12.8 Å². The van der Waals surface area contributed by atoms with Gasteiger partial charge < -0.3 is 24.4 Å². The molecule has 0 radical (unpaired) electrons. The lowest BCUT2D eigenvalue weighted by Crippen LogP contribution is -2.29. The van der Waals surface area contributed by atoms with Gasteiger partial charge in [-0.3, -0.25) is 14.1 Å². The number of unbranched alkanes of at least 4 members (excludes halogenated alkanes) is 9. The number of rotatable bonds is 33. The van der Waals surface area contributed by atoms with Crippen molar-refractivity contribution >= 4 is 19.8 Å². The van der Waals surface area contributed by atoms with E-state index in [9.17, 15) is 19.3 Å². The molecule has 10 heteroatoms. The fourth-order valence-corrected chi connectivity index (χ4v) is 5.04. The van der Waals surface area contributed by atoms with Gasteiger partial charge in [0.2, 0.25) is 0 Å². The highest BCUT2D eigenvalue weighted by molar-refractivity contribution is 7.46. The highest BCUT2D eigenvalue weighted by Gasteiger charge is 2.23. The van der Waals surface area contributed by atoms with E-state index < -0.39 is 38.6 Å². The van der Waals surface area contributed by atoms with Crippen LogP contribution in [0.1, 0.15) is 136 Å². The van der Waals surface area contributed by atoms with Gasteiger partial charge in [-0.05, 0) is 70.6 Å². The third kappa shape index (κ3) is 38.3. The van der Waals surface area contributed by atoms with Crippen molar-refractivity contribution in [3.8, 4) is 0 Å². The second kappa shape index (κ2) is 35.6. The molecular weight excluding hydrogens is 667 g/mol. The average molecular weight is 735 g/mol. The molecule has 0 spiro atoms. The Balaban J connectivity index is 4.23. The summed E-state index contributed by atoms with van der Waals surface area (Å²) in [5.41, 5.74) is 0. The Labute approximate surface area is 308 Å². The van der Waals surface area contributed by atoms with Crippen molar-refractivity contribution in [3.63, 3.8) is 0 Å². The summed E-state index contributed by atoms with van der Waals surface area (Å²) in [7, 11) is -4.81. The van der Waals surface area contributed by atoms with E-state index in [0.29, 0.717) is 19.3 Å². The highest BCUT2D eigenvalue weighted by Crippen LogP contribution is 2.36. The van der Waals surface area contributed by atoms with E-state index in [2.05, 4.69) is 79.1 Å². The molecule has 0 aromatic rings. The zero-order chi connectivity index (χ0) is 37.7. The van der Waals surface area contributed by atoms with E-state index in [1.165, 1.54) is 25.7 Å². The second-order valence-corrected chi connectivity index (χ2v) is 13.6. The van der Waals surface area contributed by atoms with Crippen molar-refractivity contribution in [2.24, 2.45) is 0 Å². The topological polar surface area (TPSA) is 140 Å². The predicted molar refractivity (Wildman–Crippen MR) is 208 cm³/mol. The van der Waals surface area contributed by atoms with Crippen LogP contribution in [0.2, 0.25) is 0 Å². The van der Waals surface area contributed by atoms with Crippen LogP contribution in [0.5, 0.6) is 0 Å². The Kier molecular flexibility index (Phi) is 33.6. The van der Waals surface area contributed by atoms with Crippen molar-refractivity contribution in [1.82, 2.24) is 0 Å². The van der Waals surface area contributed by atoms with Gasteiger partial charge in [0.25, 0.3) is 0 Å². The van der Waals surface area contributed by atoms with Crippen LogP contribution in [0.25, 0.3) is 0 Å². The first-order valence-corrected chi connectivity index (χ1v) is 20.5. The molecule has 0 aliphatic rings. The molecule has 0 fully saturated rings. The lowest BCUT2D eigenvalue weighted by atomic mass is 10.1. The van der Waals surface area contributed by atoms with E-state index in [0.717, 1.165) is 64.2 Å². The maximum atomic E-state index is 12.4. The molecule has 0 bridgehead atoms. The molecule has 0 aliphatic carbocycles. The minimum Gasteiger partial charge on any atom is -0.462 e. The van der Waals surface area contributed by atoms with E-state index in [1.807, 2.05) is 12.2 Å². The molecular formula is C41H67O9P. The molecule has 0 amide bonds. The number of aliphatic hydroxyl groups excluding tert-OH is 1. The van der Waals surface area contributed by atoms with Crippen molar-refractivity contribution in [3.05, 3.63) is 85.1 Å². The molecule has 0 aromatic heterocycles. The Morgan fingerprint density at radius 3 is 1.80 bits per heavy atom. The van der Waals surface area contributed by atoms with Crippen molar-refractivity contribution < 1.29 is 43.0 Å². The number of hydrogen-bond acceptors (Lipinski definition) is 7. The maximum absolute atomic E-state index is 12.4. The molecule has 0 aromatic carbocycles. The summed E-state index contributed by atoms with van der Waals surface area (Å²) in [6.07, 6.45) is 43.3. The van der Waals surface area contributed by atoms with Crippen LogP contribution in [0.4, 0.5) is 0 Å². The number of allylic oxidation sites excluding steroid dienone is 13. The summed E-state index contributed by atoms with van der Waals surface area (Å²) in [5.74, 6) is -1.12. The Morgan fingerprint density at radius 2 is 1.18 bits per heavy atom. The van der Waals surface area contributed by atoms with Gasteiger partial charge in [-0.2, -0.15) is 0 Å². The fourth-order valence-electron chi connectivity index (χ4n) is 4.68. The van der Waals surface area contributed by atoms with E-state index in [1.54, 1.807) is 12.2 Å². The van der Waals surface area contributed by atoms with E-state index in [4.69, 9.17) is 19.3 Å². The Morgan fingerprint density at radius 1 is 0.627 bits per heavy atom. The zero-order valence-corrected chi connectivity index (χ0v) is 32.2. The SMILES string of the molecule is CC/C=C\C/C=C\C/C=C\C/C=C\C=C\C(O)CCCC(=O)OC[C@H](COP(=O)(O)O)OC(=O)CCCCCCC/C=C\C=C/CCCCCC. The number of hydrogen-bond donors (Lipinski definition) is 3. The van der Waals surface area contributed by atoms with Crippen LogP contribution < -0.4 is 0 Å². The molecule has 0 saturated heterocycles. The maximum Gasteiger partial charge on any atom is 0.469 e. The van der Waals surface area contributed by atoms with Crippen LogP contribution in [-0.2, 0) is 28.2 Å². The van der Waals surface area contributed by atoms with Crippen molar-refractivity contribution in [2.45, 2.75) is 148 Å². The average Bonchev–Trinajstić information content (AvgIpc) is 3.09. The van der Waals surface area contributed by atoms with E-state index >= 15 is 0 Å². The minimum atomic E-state index is -4.81. The number of esters is 2. The largest absolute Gasteiger partial charge is 0.469 e. The number of carbonyl (C=O) groups excluding carboxylic acids is 2. The minimum absolute atomic E-state index is 0.0283. The Hall–Kier alpha value is -2.81. The number of phosphoric acid groups is 1. The van der Waals surface area contributed by atoms with Crippen LogP contribution in [0.15, 0.2) is 85.1 Å². The Bertz CT molecular complexity index is 1110. The zero-order valence-electron chi connectivity index (χ0n) is 31.3. The number of ether oxygens (including phenoxy) is 2. The number of phosphoric ester groups is 1. The smallest absolute Gasteiger partial charge is 0.462 e. The summed E-state index contributed by atoms with van der Waals surface area (Å²) in [5, 5.41) is 10.2. The summed E-state index contributed by atoms with van der Waals surface area (Å²) < 4.78 is 26.2. The molecule has 9 nitrogen and oxygen atoms in total. The van der Waals surface area contributed by atoms with E-state index in [-0.39, 0.29) is 19.4 Å². The molecule has 0 aliphatic heterocycles. The first-order valence-electron chi connectivity index (χ1n) is 19.0. The van der Waals surface area contributed by atoms with Gasteiger partial charge in [-0.25, -0.2) is 4.57 Å². The quantitative estimate of drug-likeness (QED) is 0.0198. The summed E-state index contributed by atoms with van der Waals surface area (Å²) in [6.45, 7) is 3.34.